The molecule has 2 heterocycles. The third kappa shape index (κ3) is 5.07. The zero-order chi connectivity index (χ0) is 21.8. The Balaban J connectivity index is 1.69. The molecule has 164 valence electrons. The summed E-state index contributed by atoms with van der Waals surface area (Å²) in [5.74, 6) is 1.62. The lowest BCUT2D eigenvalue weighted by Crippen LogP contribution is -2.42. The van der Waals surface area contributed by atoms with Gasteiger partial charge in [-0.1, -0.05) is 42.5 Å². The number of sulfone groups is 1. The quantitative estimate of drug-likeness (QED) is 0.660. The average molecular weight is 460 g/mol. The van der Waals surface area contributed by atoms with Gasteiger partial charge in [0.1, 0.15) is 5.75 Å². The lowest BCUT2D eigenvalue weighted by Gasteiger charge is -2.31. The Hall–Kier alpha value is -2.45. The summed E-state index contributed by atoms with van der Waals surface area (Å²) in [6.07, 6.45) is 0.436. The van der Waals surface area contributed by atoms with Crippen molar-refractivity contribution < 1.29 is 22.7 Å². The molecule has 6 nitrogen and oxygen atoms in total. The lowest BCUT2D eigenvalue weighted by molar-refractivity contribution is -0.133. The number of hydrogen-bond donors (Lipinski definition) is 0. The second-order valence-electron chi connectivity index (χ2n) is 7.56. The zero-order valence-corrected chi connectivity index (χ0v) is 19.0. The smallest absolute Gasteiger partial charge is 0.290 e. The molecule has 4 rings (SSSR count). The highest BCUT2D eigenvalue weighted by Crippen LogP contribution is 2.36. The third-order valence-corrected chi connectivity index (χ3v) is 8.27. The number of rotatable bonds is 6. The molecule has 31 heavy (non-hydrogen) atoms. The van der Waals surface area contributed by atoms with Crippen molar-refractivity contribution in [1.29, 1.82) is 0 Å². The van der Waals surface area contributed by atoms with Crippen molar-refractivity contribution >= 4 is 32.4 Å². The minimum Gasteiger partial charge on any atom is -0.497 e. The van der Waals surface area contributed by atoms with Crippen LogP contribution >= 0.6 is 11.8 Å². The van der Waals surface area contributed by atoms with E-state index in [2.05, 4.69) is 0 Å². The van der Waals surface area contributed by atoms with E-state index in [1.54, 1.807) is 23.8 Å². The van der Waals surface area contributed by atoms with Gasteiger partial charge >= 0.3 is 0 Å². The van der Waals surface area contributed by atoms with Gasteiger partial charge in [0, 0.05) is 18.3 Å². The van der Waals surface area contributed by atoms with Crippen LogP contribution in [0.1, 0.15) is 17.5 Å². The highest BCUT2D eigenvalue weighted by Gasteiger charge is 2.37. The van der Waals surface area contributed by atoms with E-state index in [9.17, 15) is 13.2 Å². The van der Waals surface area contributed by atoms with Crippen LogP contribution in [0.5, 0.6) is 5.75 Å². The molecule has 2 aromatic carbocycles. The van der Waals surface area contributed by atoms with Gasteiger partial charge in [-0.05, 0) is 29.7 Å². The van der Waals surface area contributed by atoms with Gasteiger partial charge in [0.15, 0.2) is 15.6 Å². The van der Waals surface area contributed by atoms with Crippen LogP contribution < -0.4 is 4.74 Å². The molecule has 1 saturated heterocycles. The van der Waals surface area contributed by atoms with E-state index >= 15 is 0 Å². The summed E-state index contributed by atoms with van der Waals surface area (Å²) < 4.78 is 35.4. The van der Waals surface area contributed by atoms with Crippen LogP contribution in [0.4, 0.5) is 0 Å². The van der Waals surface area contributed by atoms with Gasteiger partial charge in [-0.3, -0.25) is 4.79 Å². The molecular weight excluding hydrogens is 434 g/mol. The number of nitrogens with zero attached hydrogens (tertiary/aromatic N) is 1. The van der Waals surface area contributed by atoms with Crippen molar-refractivity contribution in [3.63, 3.8) is 0 Å². The topological polar surface area (TPSA) is 72.9 Å². The first-order valence-corrected chi connectivity index (χ1v) is 13.0. The van der Waals surface area contributed by atoms with E-state index in [0.717, 1.165) is 27.5 Å². The van der Waals surface area contributed by atoms with Gasteiger partial charge in [0.2, 0.25) is 0 Å². The molecule has 2 aliphatic rings. The fraction of sp³-hybridized carbons (Fsp3) is 0.348. The van der Waals surface area contributed by atoms with Crippen LogP contribution in [0.25, 0.3) is 4.91 Å². The van der Waals surface area contributed by atoms with Crippen LogP contribution in [0.3, 0.4) is 0 Å². The second-order valence-corrected chi connectivity index (χ2v) is 10.9. The number of carbonyl (C=O) groups excluding carboxylic acids is 1. The van der Waals surface area contributed by atoms with E-state index in [1.807, 2.05) is 54.6 Å². The molecule has 0 aliphatic carbocycles. The number of benzene rings is 2. The summed E-state index contributed by atoms with van der Waals surface area (Å²) in [7, 11) is -1.55. The van der Waals surface area contributed by atoms with Crippen molar-refractivity contribution in [3.8, 4) is 5.75 Å². The molecule has 0 unspecified atom stereocenters. The van der Waals surface area contributed by atoms with Crippen molar-refractivity contribution in [2.24, 2.45) is 0 Å². The molecule has 2 aromatic rings. The predicted molar refractivity (Wildman–Crippen MR) is 122 cm³/mol. The predicted octanol–water partition coefficient (Wildman–Crippen LogP) is 3.34. The summed E-state index contributed by atoms with van der Waals surface area (Å²) in [4.78, 5) is 16.2. The maximum atomic E-state index is 13.7. The molecule has 1 atom stereocenters. The largest absolute Gasteiger partial charge is 0.497 e. The summed E-state index contributed by atoms with van der Waals surface area (Å²) in [5, 5.41) is 0. The van der Waals surface area contributed by atoms with Gasteiger partial charge < -0.3 is 14.4 Å². The first kappa shape index (κ1) is 21.8. The minimum atomic E-state index is -3.15. The van der Waals surface area contributed by atoms with Crippen molar-refractivity contribution in [2.75, 3.05) is 31.0 Å². The van der Waals surface area contributed by atoms with E-state index in [4.69, 9.17) is 9.47 Å². The van der Waals surface area contributed by atoms with E-state index in [1.165, 1.54) is 0 Å². The Morgan fingerprint density at radius 2 is 1.90 bits per heavy atom. The maximum Gasteiger partial charge on any atom is 0.290 e. The fourth-order valence-electron chi connectivity index (χ4n) is 3.83. The lowest BCUT2D eigenvalue weighted by atomic mass is 10.1. The first-order valence-electron chi connectivity index (χ1n) is 10.2. The molecule has 0 radical (unpaired) electrons. The van der Waals surface area contributed by atoms with Crippen LogP contribution in [-0.2, 0) is 25.9 Å². The summed E-state index contributed by atoms with van der Waals surface area (Å²) >= 11 is 1.60. The second kappa shape index (κ2) is 9.36. The first-order chi connectivity index (χ1) is 15.0. The molecule has 1 fully saturated rings. The molecule has 0 saturated carbocycles. The maximum absolute atomic E-state index is 13.7. The molecule has 0 bridgehead atoms. The number of methoxy groups -OCH3 is 1. The van der Waals surface area contributed by atoms with Crippen molar-refractivity contribution in [3.05, 3.63) is 71.5 Å². The summed E-state index contributed by atoms with van der Waals surface area (Å²) in [5.41, 5.74) is 1.84. The fourth-order valence-corrected chi connectivity index (χ4v) is 6.51. The van der Waals surface area contributed by atoms with Crippen molar-refractivity contribution in [1.82, 2.24) is 4.90 Å². The Morgan fingerprint density at radius 1 is 1.16 bits per heavy atom. The SMILES string of the molecule is COc1ccc(CN(C(=O)C2=C(c3ccccc3)SCCO2)[C@@H]2CCS(=O)(=O)C2)cc1. The number of carbonyl (C=O) groups is 1. The van der Waals surface area contributed by atoms with Crippen LogP contribution in [0.15, 0.2) is 60.4 Å². The average Bonchev–Trinajstić information content (AvgIpc) is 3.17. The Labute approximate surface area is 187 Å². The number of hydrogen-bond acceptors (Lipinski definition) is 6. The molecule has 0 N–H and O–H groups in total. The van der Waals surface area contributed by atoms with Crippen LogP contribution in [0.2, 0.25) is 0 Å². The number of amides is 1. The Bertz CT molecular complexity index is 1060. The molecular formula is C23H25NO5S2. The highest BCUT2D eigenvalue weighted by atomic mass is 32.2. The van der Waals surface area contributed by atoms with Gasteiger partial charge in [-0.25, -0.2) is 8.42 Å². The number of ether oxygens (including phenoxy) is 2. The monoisotopic (exact) mass is 459 g/mol. The molecule has 0 aromatic heterocycles. The zero-order valence-electron chi connectivity index (χ0n) is 17.3. The van der Waals surface area contributed by atoms with Gasteiger partial charge in [0.05, 0.1) is 30.1 Å². The van der Waals surface area contributed by atoms with Gasteiger partial charge in [-0.15, -0.1) is 11.8 Å². The normalized spacial score (nSPS) is 20.2. The van der Waals surface area contributed by atoms with E-state index < -0.39 is 9.84 Å². The standard InChI is InChI=1S/C23H25NO5S2/c1-28-20-9-7-17(8-10-20)15-24(19-11-14-31(26,27)16-19)23(25)21-22(30-13-12-29-21)18-5-3-2-4-6-18/h2-10,19H,11-16H2,1H3/t19-/m1/s1. The minimum absolute atomic E-state index is 0.0179. The molecule has 2 aliphatic heterocycles. The van der Waals surface area contributed by atoms with Crippen LogP contribution in [0, 0.1) is 0 Å². The number of thioether (sulfide) groups is 1. The highest BCUT2D eigenvalue weighted by molar-refractivity contribution is 8.08. The van der Waals surface area contributed by atoms with E-state index in [-0.39, 0.29) is 23.5 Å². The molecule has 1 amide bonds. The van der Waals surface area contributed by atoms with Crippen molar-refractivity contribution in [2.45, 2.75) is 19.0 Å². The Kier molecular flexibility index (Phi) is 6.57. The summed E-state index contributed by atoms with van der Waals surface area (Å²) in [6.45, 7) is 0.754. The molecule has 0 spiro atoms. The van der Waals surface area contributed by atoms with Crippen LogP contribution in [-0.4, -0.2) is 56.2 Å². The molecule has 8 heteroatoms. The Morgan fingerprint density at radius 3 is 2.55 bits per heavy atom. The van der Waals surface area contributed by atoms with E-state index in [0.29, 0.717) is 25.3 Å². The van der Waals surface area contributed by atoms with Gasteiger partial charge in [-0.2, -0.15) is 0 Å². The summed E-state index contributed by atoms with van der Waals surface area (Å²) in [6, 6.07) is 16.8. The third-order valence-electron chi connectivity index (χ3n) is 5.43. The van der Waals surface area contributed by atoms with Gasteiger partial charge in [0.25, 0.3) is 5.91 Å².